The van der Waals surface area contributed by atoms with Crippen molar-refractivity contribution in [3.8, 4) is 23.0 Å². The van der Waals surface area contributed by atoms with Crippen LogP contribution in [0.3, 0.4) is 0 Å². The summed E-state index contributed by atoms with van der Waals surface area (Å²) in [5.41, 5.74) is 1.28. The van der Waals surface area contributed by atoms with Crippen molar-refractivity contribution < 1.29 is 38.1 Å². The van der Waals surface area contributed by atoms with E-state index in [2.05, 4.69) is 20.6 Å². The van der Waals surface area contributed by atoms with Crippen molar-refractivity contribution in [1.82, 2.24) is 20.6 Å². The van der Waals surface area contributed by atoms with Crippen molar-refractivity contribution in [1.29, 1.82) is 0 Å². The molecule has 16 heteroatoms. The number of halogens is 6. The number of aromatic nitrogens is 2. The Kier molecular flexibility index (Phi) is 14.6. The third-order valence-corrected chi connectivity index (χ3v) is 11.0. The van der Waals surface area contributed by atoms with Crippen molar-refractivity contribution in [3.63, 3.8) is 0 Å². The van der Waals surface area contributed by atoms with Gasteiger partial charge in [0.05, 0.1) is 22.1 Å². The van der Waals surface area contributed by atoms with Crippen LogP contribution in [-0.4, -0.2) is 45.2 Å². The average Bonchev–Trinajstić information content (AvgIpc) is 3.30. The molecule has 0 aliphatic heterocycles. The van der Waals surface area contributed by atoms with Crippen LogP contribution in [0.25, 0.3) is 21.8 Å². The molecule has 6 aromatic carbocycles. The SMILES string of the molecule is O=C(COc1ccccc1)NC(c1cc(Cl)c2cccnc2c1O)c1c(F)cccc1Cl.O=C(COc1ccccc1)NC(c1ccc(F)cc1Cl)c1cc(Cl)c2cccnc2c1O. The Labute approximate surface area is 384 Å². The van der Waals surface area contributed by atoms with Gasteiger partial charge in [-0.25, -0.2) is 8.78 Å². The summed E-state index contributed by atoms with van der Waals surface area (Å²) in [6.45, 7) is -0.605. The molecular formula is C48H34Cl4F2N4O6. The van der Waals surface area contributed by atoms with Crippen molar-refractivity contribution in [2.75, 3.05) is 13.2 Å². The summed E-state index contributed by atoms with van der Waals surface area (Å²) in [6.07, 6.45) is 3.02. The number of fused-ring (bicyclic) bond motifs is 2. The molecule has 0 fully saturated rings. The molecule has 4 N–H and O–H groups in total. The lowest BCUT2D eigenvalue weighted by Gasteiger charge is -2.23. The fourth-order valence-electron chi connectivity index (χ4n) is 6.74. The van der Waals surface area contributed by atoms with E-state index < -0.39 is 35.5 Å². The molecule has 8 rings (SSSR count). The third-order valence-electron chi connectivity index (χ3n) is 9.71. The van der Waals surface area contributed by atoms with Crippen molar-refractivity contribution in [3.05, 3.63) is 200 Å². The number of pyridine rings is 2. The normalized spacial score (nSPS) is 11.8. The number of phenols is 2. The summed E-state index contributed by atoms with van der Waals surface area (Å²) in [5.74, 6) is -1.57. The molecule has 2 heterocycles. The second-order valence-electron chi connectivity index (χ2n) is 13.9. The van der Waals surface area contributed by atoms with E-state index in [1.807, 2.05) is 12.1 Å². The Hall–Kier alpha value is -6.70. The smallest absolute Gasteiger partial charge is 0.258 e. The lowest BCUT2D eigenvalue weighted by Crippen LogP contribution is -2.34. The second-order valence-corrected chi connectivity index (χ2v) is 15.5. The van der Waals surface area contributed by atoms with Gasteiger partial charge in [0.2, 0.25) is 0 Å². The summed E-state index contributed by atoms with van der Waals surface area (Å²) in [4.78, 5) is 33.8. The molecule has 64 heavy (non-hydrogen) atoms. The van der Waals surface area contributed by atoms with Gasteiger partial charge >= 0.3 is 0 Å². The van der Waals surface area contributed by atoms with Crippen molar-refractivity contribution >= 4 is 80.0 Å². The average molecular weight is 943 g/mol. The first-order valence-corrected chi connectivity index (χ1v) is 20.8. The highest BCUT2D eigenvalue weighted by Crippen LogP contribution is 2.42. The quantitative estimate of drug-likeness (QED) is 0.0948. The molecule has 0 aliphatic rings. The van der Waals surface area contributed by atoms with Gasteiger partial charge in [-0.3, -0.25) is 19.6 Å². The van der Waals surface area contributed by atoms with Crippen LogP contribution in [0, 0.1) is 11.6 Å². The zero-order chi connectivity index (χ0) is 45.3. The zero-order valence-electron chi connectivity index (χ0n) is 33.1. The number of amides is 2. The predicted molar refractivity (Wildman–Crippen MR) is 244 cm³/mol. The molecule has 0 saturated heterocycles. The van der Waals surface area contributed by atoms with Gasteiger partial charge < -0.3 is 30.3 Å². The number of phenolic OH excluding ortho intramolecular Hbond substituents is 2. The standard InChI is InChI=1S/2C24H17Cl2FN2O3/c25-17-9-4-10-19(27)21(17)22(29-20(30)13-32-14-6-2-1-3-7-14)16-12-18(26)15-8-5-11-28-23(15)24(16)31;25-19-11-14(27)8-9-17(19)22(29-21(30)13-32-15-5-2-1-3-6-15)18-12-20(26)16-7-4-10-28-23(16)24(18)31/h2*1-12,22,31H,13H2,(H,29,30). The molecule has 324 valence electrons. The minimum absolute atomic E-state index is 0.0103. The van der Waals surface area contributed by atoms with Crippen molar-refractivity contribution in [2.24, 2.45) is 0 Å². The number of rotatable bonds is 12. The summed E-state index contributed by atoms with van der Waals surface area (Å²) >= 11 is 25.4. The first-order valence-electron chi connectivity index (χ1n) is 19.2. The van der Waals surface area contributed by atoms with Crippen molar-refractivity contribution in [2.45, 2.75) is 12.1 Å². The highest BCUT2D eigenvalue weighted by molar-refractivity contribution is 6.36. The largest absolute Gasteiger partial charge is 0.505 e. The van der Waals surface area contributed by atoms with E-state index in [9.17, 15) is 28.6 Å². The van der Waals surface area contributed by atoms with Gasteiger partial charge in [-0.05, 0) is 90.5 Å². The summed E-state index contributed by atoms with van der Waals surface area (Å²) in [6, 6.07) is 33.3. The van der Waals surface area contributed by atoms with Crippen LogP contribution in [0.2, 0.25) is 20.1 Å². The number of nitrogens with one attached hydrogen (secondary N) is 2. The maximum absolute atomic E-state index is 14.8. The highest BCUT2D eigenvalue weighted by atomic mass is 35.5. The first-order chi connectivity index (χ1) is 30.9. The summed E-state index contributed by atoms with van der Waals surface area (Å²) in [5, 5.41) is 29.2. The Bertz CT molecular complexity index is 2950. The van der Waals surface area contributed by atoms with Crippen LogP contribution in [0.15, 0.2) is 146 Å². The molecule has 2 amide bonds. The number of para-hydroxylation sites is 2. The van der Waals surface area contributed by atoms with Gasteiger partial charge in [-0.2, -0.15) is 0 Å². The van der Waals surface area contributed by atoms with E-state index in [-0.39, 0.29) is 67.5 Å². The molecule has 0 bridgehead atoms. The van der Waals surface area contributed by atoms with E-state index in [1.54, 1.807) is 72.8 Å². The molecular weight excluding hydrogens is 908 g/mol. The van der Waals surface area contributed by atoms with E-state index >= 15 is 0 Å². The van der Waals surface area contributed by atoms with E-state index in [1.165, 1.54) is 54.9 Å². The number of hydrogen-bond donors (Lipinski definition) is 4. The van der Waals surface area contributed by atoms with E-state index in [0.717, 1.165) is 6.07 Å². The first kappa shape index (κ1) is 45.3. The minimum Gasteiger partial charge on any atom is -0.505 e. The maximum atomic E-state index is 14.8. The lowest BCUT2D eigenvalue weighted by atomic mass is 9.95. The molecule has 0 aliphatic carbocycles. The van der Waals surface area contributed by atoms with Gasteiger partial charge in [0.15, 0.2) is 13.2 Å². The molecule has 0 saturated carbocycles. The van der Waals surface area contributed by atoms with Crippen LogP contribution in [-0.2, 0) is 9.59 Å². The van der Waals surface area contributed by atoms with Gasteiger partial charge in [0, 0.05) is 49.9 Å². The van der Waals surface area contributed by atoms with Crippen LogP contribution >= 0.6 is 46.4 Å². The lowest BCUT2D eigenvalue weighted by molar-refractivity contribution is -0.124. The number of nitrogens with zero attached hydrogens (tertiary/aromatic N) is 2. The topological polar surface area (TPSA) is 143 Å². The Morgan fingerprint density at radius 1 is 0.547 bits per heavy atom. The fraction of sp³-hybridized carbons (Fsp3) is 0.0833. The molecule has 0 radical (unpaired) electrons. The molecule has 2 aromatic heterocycles. The third kappa shape index (κ3) is 10.6. The van der Waals surface area contributed by atoms with Crippen LogP contribution < -0.4 is 20.1 Å². The second kappa shape index (κ2) is 20.7. The van der Waals surface area contributed by atoms with Gasteiger partial charge in [0.1, 0.15) is 45.7 Å². The summed E-state index contributed by atoms with van der Waals surface area (Å²) < 4.78 is 39.5. The number of benzene rings is 6. The predicted octanol–water partition coefficient (Wildman–Crippen LogP) is 11.3. The Balaban J connectivity index is 0.000000191. The molecule has 2 unspecified atom stereocenters. The number of carbonyl (C=O) groups is 2. The van der Waals surface area contributed by atoms with E-state index in [4.69, 9.17) is 55.9 Å². The summed E-state index contributed by atoms with van der Waals surface area (Å²) in [7, 11) is 0. The highest BCUT2D eigenvalue weighted by Gasteiger charge is 2.29. The number of aromatic hydroxyl groups is 2. The monoisotopic (exact) mass is 940 g/mol. The van der Waals surface area contributed by atoms with Gasteiger partial charge in [0.25, 0.3) is 11.8 Å². The number of carbonyl (C=O) groups excluding carboxylic acids is 2. The maximum Gasteiger partial charge on any atom is 0.258 e. The molecule has 0 spiro atoms. The molecule has 2 atom stereocenters. The Morgan fingerprint density at radius 3 is 1.55 bits per heavy atom. The molecule has 8 aromatic rings. The number of ether oxygens (including phenoxy) is 2. The van der Waals surface area contributed by atoms with Gasteiger partial charge in [-0.15, -0.1) is 0 Å². The van der Waals surface area contributed by atoms with E-state index in [0.29, 0.717) is 32.9 Å². The Morgan fingerprint density at radius 2 is 1.05 bits per heavy atom. The van der Waals surface area contributed by atoms with Crippen LogP contribution in [0.1, 0.15) is 34.3 Å². The molecule has 10 nitrogen and oxygen atoms in total. The van der Waals surface area contributed by atoms with Crippen LogP contribution in [0.5, 0.6) is 23.0 Å². The fourth-order valence-corrected chi connectivity index (χ4v) is 7.83. The zero-order valence-corrected chi connectivity index (χ0v) is 36.1. The minimum atomic E-state index is -1.14. The number of hydrogen-bond acceptors (Lipinski definition) is 8. The van der Waals surface area contributed by atoms with Gasteiger partial charge in [-0.1, -0.05) is 94.9 Å². The van der Waals surface area contributed by atoms with Crippen LogP contribution in [0.4, 0.5) is 8.78 Å².